The molecule has 0 saturated carbocycles. The minimum atomic E-state index is -0.676. The summed E-state index contributed by atoms with van der Waals surface area (Å²) in [5.74, 6) is -0.716. The first-order valence-electron chi connectivity index (χ1n) is 5.92. The van der Waals surface area contributed by atoms with E-state index in [1.165, 1.54) is 11.0 Å². The molecule has 0 radical (unpaired) electrons. The summed E-state index contributed by atoms with van der Waals surface area (Å²) in [4.78, 5) is 13.5. The quantitative estimate of drug-likeness (QED) is 0.837. The van der Waals surface area contributed by atoms with Gasteiger partial charge in [0.05, 0.1) is 11.7 Å². The Labute approximate surface area is 107 Å². The molecule has 4 nitrogen and oxygen atoms in total. The van der Waals surface area contributed by atoms with Crippen LogP contribution in [0.15, 0.2) is 24.3 Å². The van der Waals surface area contributed by atoms with E-state index in [2.05, 4.69) is 0 Å². The molecule has 1 aromatic carbocycles. The predicted octanol–water partition coefficient (Wildman–Crippen LogP) is 1.54. The highest BCUT2D eigenvalue weighted by Gasteiger charge is 2.22. The molecule has 1 amide bonds. The molecule has 0 aliphatic carbocycles. The van der Waals surface area contributed by atoms with Gasteiger partial charge >= 0.3 is 0 Å². The third-order valence-corrected chi connectivity index (χ3v) is 2.68. The van der Waals surface area contributed by atoms with Crippen molar-refractivity contribution < 1.29 is 13.9 Å². The molecular formula is C13H19FN2O2. The number of amides is 1. The van der Waals surface area contributed by atoms with Gasteiger partial charge in [0.15, 0.2) is 0 Å². The smallest absolute Gasteiger partial charge is 0.244 e. The van der Waals surface area contributed by atoms with E-state index < -0.39 is 11.9 Å². The van der Waals surface area contributed by atoms with E-state index in [4.69, 9.17) is 10.5 Å². The van der Waals surface area contributed by atoms with Crippen LogP contribution in [-0.4, -0.2) is 32.2 Å². The van der Waals surface area contributed by atoms with Crippen molar-refractivity contribution in [2.45, 2.75) is 19.4 Å². The molecule has 0 saturated heterocycles. The van der Waals surface area contributed by atoms with Crippen LogP contribution in [0.3, 0.4) is 0 Å². The molecule has 1 unspecified atom stereocenters. The Morgan fingerprint density at radius 1 is 1.50 bits per heavy atom. The minimum absolute atomic E-state index is 0.262. The van der Waals surface area contributed by atoms with E-state index >= 15 is 0 Å². The van der Waals surface area contributed by atoms with Crippen LogP contribution in [0.1, 0.15) is 13.3 Å². The molecule has 1 aromatic rings. The van der Waals surface area contributed by atoms with Crippen LogP contribution in [0.25, 0.3) is 0 Å². The monoisotopic (exact) mass is 254 g/mol. The second-order valence-electron chi connectivity index (χ2n) is 3.92. The highest BCUT2D eigenvalue weighted by atomic mass is 19.1. The van der Waals surface area contributed by atoms with Crippen molar-refractivity contribution in [2.75, 3.05) is 25.2 Å². The molecule has 18 heavy (non-hydrogen) atoms. The van der Waals surface area contributed by atoms with Gasteiger partial charge in [0.1, 0.15) is 5.82 Å². The van der Waals surface area contributed by atoms with Gasteiger partial charge < -0.3 is 15.4 Å². The van der Waals surface area contributed by atoms with Crippen LogP contribution in [0, 0.1) is 5.82 Å². The molecular weight excluding hydrogens is 235 g/mol. The Bertz CT molecular complexity index is 398. The number of nitrogens with two attached hydrogens (primary N) is 1. The van der Waals surface area contributed by atoms with Crippen LogP contribution < -0.4 is 10.6 Å². The molecule has 0 aromatic heterocycles. The van der Waals surface area contributed by atoms with Crippen LogP contribution in [-0.2, 0) is 9.53 Å². The highest BCUT2D eigenvalue weighted by molar-refractivity contribution is 5.97. The summed E-state index contributed by atoms with van der Waals surface area (Å²) in [5.41, 5.74) is 6.04. The van der Waals surface area contributed by atoms with E-state index in [-0.39, 0.29) is 11.6 Å². The number of anilines is 1. The fraction of sp³-hybridized carbons (Fsp3) is 0.462. The maximum atomic E-state index is 13.6. The maximum Gasteiger partial charge on any atom is 0.244 e. The predicted molar refractivity (Wildman–Crippen MR) is 68.9 cm³/mol. The summed E-state index contributed by atoms with van der Waals surface area (Å²) in [7, 11) is 1.55. The number of halogens is 1. The number of carbonyl (C=O) groups excluding carboxylic acids is 1. The average molecular weight is 254 g/mol. The summed E-state index contributed by atoms with van der Waals surface area (Å²) in [6.45, 7) is 2.57. The first-order valence-corrected chi connectivity index (χ1v) is 5.92. The van der Waals surface area contributed by atoms with E-state index in [1.807, 2.05) is 0 Å². The van der Waals surface area contributed by atoms with Crippen molar-refractivity contribution >= 4 is 11.6 Å². The number of nitrogens with zero attached hydrogens (tertiary/aromatic N) is 1. The molecule has 0 spiro atoms. The lowest BCUT2D eigenvalue weighted by Crippen LogP contribution is -2.44. The normalized spacial score (nSPS) is 12.2. The van der Waals surface area contributed by atoms with Gasteiger partial charge in [-0.2, -0.15) is 0 Å². The first kappa shape index (κ1) is 14.6. The van der Waals surface area contributed by atoms with Gasteiger partial charge in [0, 0.05) is 20.3 Å². The molecule has 2 N–H and O–H groups in total. The number of likely N-dealkylation sites (N-methyl/N-ethyl adjacent to an activating group) is 1. The summed E-state index contributed by atoms with van der Waals surface area (Å²) in [5, 5.41) is 0. The Kier molecular flexibility index (Phi) is 5.74. The molecule has 0 heterocycles. The fourth-order valence-corrected chi connectivity index (χ4v) is 1.68. The van der Waals surface area contributed by atoms with E-state index in [9.17, 15) is 9.18 Å². The van der Waals surface area contributed by atoms with Gasteiger partial charge in [-0.1, -0.05) is 12.1 Å². The zero-order valence-corrected chi connectivity index (χ0v) is 10.7. The van der Waals surface area contributed by atoms with E-state index in [0.29, 0.717) is 19.6 Å². The number of benzene rings is 1. The van der Waals surface area contributed by atoms with Gasteiger partial charge in [0.25, 0.3) is 0 Å². The average Bonchev–Trinajstić information content (AvgIpc) is 2.38. The van der Waals surface area contributed by atoms with Crippen molar-refractivity contribution in [3.05, 3.63) is 30.1 Å². The Morgan fingerprint density at radius 3 is 2.72 bits per heavy atom. The number of carbonyl (C=O) groups is 1. The second kappa shape index (κ2) is 7.08. The third-order valence-electron chi connectivity index (χ3n) is 2.68. The SMILES string of the molecule is CCN(C(=O)C(N)CCOC)c1ccccc1F. The molecule has 0 aliphatic heterocycles. The molecule has 0 aliphatic rings. The number of hydrogen-bond donors (Lipinski definition) is 1. The number of rotatable bonds is 6. The minimum Gasteiger partial charge on any atom is -0.385 e. The van der Waals surface area contributed by atoms with Gasteiger partial charge in [-0.15, -0.1) is 0 Å². The summed E-state index contributed by atoms with van der Waals surface area (Å²) < 4.78 is 18.5. The lowest BCUT2D eigenvalue weighted by Gasteiger charge is -2.24. The standard InChI is InChI=1S/C13H19FN2O2/c1-3-16(12-7-5-4-6-10(12)14)13(17)11(15)8-9-18-2/h4-7,11H,3,8-9,15H2,1-2H3. The van der Waals surface area contributed by atoms with Crippen molar-refractivity contribution in [1.82, 2.24) is 0 Å². The largest absolute Gasteiger partial charge is 0.385 e. The summed E-state index contributed by atoms with van der Waals surface area (Å²) >= 11 is 0. The fourth-order valence-electron chi connectivity index (χ4n) is 1.68. The number of hydrogen-bond acceptors (Lipinski definition) is 3. The van der Waals surface area contributed by atoms with Gasteiger partial charge in [-0.05, 0) is 25.5 Å². The molecule has 100 valence electrons. The summed E-state index contributed by atoms with van der Waals surface area (Å²) in [6.07, 6.45) is 0.417. The molecule has 0 bridgehead atoms. The molecule has 1 atom stereocenters. The van der Waals surface area contributed by atoms with Crippen LogP contribution in [0.4, 0.5) is 10.1 Å². The van der Waals surface area contributed by atoms with Crippen LogP contribution in [0.5, 0.6) is 0 Å². The Balaban J connectivity index is 2.83. The second-order valence-corrected chi connectivity index (χ2v) is 3.92. The highest BCUT2D eigenvalue weighted by Crippen LogP contribution is 2.19. The van der Waals surface area contributed by atoms with Gasteiger partial charge in [0.2, 0.25) is 5.91 Å². The topological polar surface area (TPSA) is 55.6 Å². The Morgan fingerprint density at radius 2 is 2.17 bits per heavy atom. The van der Waals surface area contributed by atoms with Crippen LogP contribution in [0.2, 0.25) is 0 Å². The lowest BCUT2D eigenvalue weighted by molar-refractivity contribution is -0.120. The van der Waals surface area contributed by atoms with Crippen LogP contribution >= 0.6 is 0 Å². The molecule has 0 fully saturated rings. The summed E-state index contributed by atoms with van der Waals surface area (Å²) in [6, 6.07) is 5.49. The van der Waals surface area contributed by atoms with Crippen molar-refractivity contribution in [1.29, 1.82) is 0 Å². The Hall–Kier alpha value is -1.46. The van der Waals surface area contributed by atoms with Gasteiger partial charge in [-0.25, -0.2) is 4.39 Å². The number of ether oxygens (including phenoxy) is 1. The van der Waals surface area contributed by atoms with Crippen molar-refractivity contribution in [3.63, 3.8) is 0 Å². The van der Waals surface area contributed by atoms with E-state index in [0.717, 1.165) is 0 Å². The zero-order chi connectivity index (χ0) is 13.5. The molecule has 1 rings (SSSR count). The molecule has 5 heteroatoms. The zero-order valence-electron chi connectivity index (χ0n) is 10.7. The number of methoxy groups -OCH3 is 1. The first-order chi connectivity index (χ1) is 8.61. The van der Waals surface area contributed by atoms with Crippen molar-refractivity contribution in [2.24, 2.45) is 5.73 Å². The maximum absolute atomic E-state index is 13.6. The van der Waals surface area contributed by atoms with Gasteiger partial charge in [-0.3, -0.25) is 4.79 Å². The number of para-hydroxylation sites is 1. The third kappa shape index (κ3) is 3.51. The van der Waals surface area contributed by atoms with Crippen molar-refractivity contribution in [3.8, 4) is 0 Å². The van der Waals surface area contributed by atoms with E-state index in [1.54, 1.807) is 32.2 Å². The lowest BCUT2D eigenvalue weighted by atomic mass is 10.1.